The molecule has 0 aliphatic heterocycles. The number of carbonyl (C=O) groups excluding carboxylic acids is 2. The second kappa shape index (κ2) is 8.52. The summed E-state index contributed by atoms with van der Waals surface area (Å²) in [7, 11) is 0. The van der Waals surface area contributed by atoms with Crippen molar-refractivity contribution in [1.82, 2.24) is 5.32 Å². The summed E-state index contributed by atoms with van der Waals surface area (Å²) >= 11 is 0. The van der Waals surface area contributed by atoms with Gasteiger partial charge in [0.2, 0.25) is 11.8 Å². The third-order valence-electron chi connectivity index (χ3n) is 4.46. The van der Waals surface area contributed by atoms with Crippen LogP contribution >= 0.6 is 0 Å². The summed E-state index contributed by atoms with van der Waals surface area (Å²) in [6.07, 6.45) is 1.39. The van der Waals surface area contributed by atoms with E-state index in [0.717, 1.165) is 6.42 Å². The molecule has 2 unspecified atom stereocenters. The van der Waals surface area contributed by atoms with Gasteiger partial charge < -0.3 is 15.4 Å². The average molecular weight is 352 g/mol. The molecule has 0 radical (unpaired) electrons. The van der Waals surface area contributed by atoms with E-state index in [1.54, 1.807) is 6.07 Å². The highest BCUT2D eigenvalue weighted by Crippen LogP contribution is 2.40. The highest BCUT2D eigenvalue weighted by atomic mass is 16.5. The first-order valence-corrected chi connectivity index (χ1v) is 9.03. The van der Waals surface area contributed by atoms with Crippen LogP contribution in [0.25, 0.3) is 0 Å². The molecule has 0 bridgehead atoms. The Morgan fingerprint density at radius 1 is 1.00 bits per heavy atom. The summed E-state index contributed by atoms with van der Waals surface area (Å²) in [6, 6.07) is 17.3. The van der Waals surface area contributed by atoms with Crippen LogP contribution < -0.4 is 15.4 Å². The number of para-hydroxylation sites is 2. The Morgan fingerprint density at radius 3 is 2.46 bits per heavy atom. The van der Waals surface area contributed by atoms with Gasteiger partial charge in [0.1, 0.15) is 5.75 Å². The van der Waals surface area contributed by atoms with Crippen molar-refractivity contribution in [3.8, 4) is 5.75 Å². The Morgan fingerprint density at radius 2 is 1.69 bits per heavy atom. The lowest BCUT2D eigenvalue weighted by atomic mass is 10.1. The number of nitrogens with one attached hydrogen (secondary N) is 2. The molecule has 2 N–H and O–H groups in total. The number of hydrogen-bond donors (Lipinski definition) is 2. The molecule has 2 amide bonds. The molecule has 5 heteroatoms. The van der Waals surface area contributed by atoms with Crippen molar-refractivity contribution < 1.29 is 14.3 Å². The topological polar surface area (TPSA) is 67.4 Å². The van der Waals surface area contributed by atoms with Crippen molar-refractivity contribution in [2.24, 2.45) is 11.8 Å². The first-order valence-electron chi connectivity index (χ1n) is 9.03. The van der Waals surface area contributed by atoms with E-state index in [9.17, 15) is 9.59 Å². The van der Waals surface area contributed by atoms with Crippen LogP contribution in [-0.2, 0) is 16.0 Å². The zero-order valence-corrected chi connectivity index (χ0v) is 14.9. The van der Waals surface area contributed by atoms with Crippen molar-refractivity contribution in [3.63, 3.8) is 0 Å². The van der Waals surface area contributed by atoms with Gasteiger partial charge >= 0.3 is 0 Å². The second-order valence-electron chi connectivity index (χ2n) is 6.39. The maximum atomic E-state index is 12.4. The molecule has 2 aromatic carbocycles. The van der Waals surface area contributed by atoms with Gasteiger partial charge in [0.25, 0.3) is 0 Å². The molecule has 26 heavy (non-hydrogen) atoms. The Balaban J connectivity index is 1.45. The molecular weight excluding hydrogens is 328 g/mol. The van der Waals surface area contributed by atoms with Gasteiger partial charge in [0, 0.05) is 6.54 Å². The van der Waals surface area contributed by atoms with E-state index < -0.39 is 0 Å². The van der Waals surface area contributed by atoms with Crippen LogP contribution in [0.4, 0.5) is 5.69 Å². The summed E-state index contributed by atoms with van der Waals surface area (Å²) in [5.74, 6) is -0.0150. The number of rotatable bonds is 8. The first-order chi connectivity index (χ1) is 12.7. The Bertz CT molecular complexity index is 761. The number of amides is 2. The predicted octanol–water partition coefficient (Wildman–Crippen LogP) is 3.02. The fraction of sp³-hybridized carbons (Fsp3) is 0.333. The zero-order chi connectivity index (χ0) is 18.4. The monoisotopic (exact) mass is 352 g/mol. The molecule has 0 saturated heterocycles. The highest BCUT2D eigenvalue weighted by molar-refractivity contribution is 6.00. The molecule has 2 aromatic rings. The van der Waals surface area contributed by atoms with Crippen molar-refractivity contribution >= 4 is 17.5 Å². The van der Waals surface area contributed by atoms with Crippen molar-refractivity contribution in [3.05, 3.63) is 60.2 Å². The fourth-order valence-electron chi connectivity index (χ4n) is 2.96. The summed E-state index contributed by atoms with van der Waals surface area (Å²) < 4.78 is 5.51. The van der Waals surface area contributed by atoms with Gasteiger partial charge in [-0.15, -0.1) is 0 Å². The number of benzene rings is 2. The number of hydrogen-bond acceptors (Lipinski definition) is 3. The highest BCUT2D eigenvalue weighted by Gasteiger charge is 2.48. The molecule has 1 saturated carbocycles. The van der Waals surface area contributed by atoms with Crippen LogP contribution in [-0.4, -0.2) is 25.0 Å². The van der Waals surface area contributed by atoms with E-state index in [2.05, 4.69) is 10.6 Å². The van der Waals surface area contributed by atoms with E-state index in [1.165, 1.54) is 5.56 Å². The predicted molar refractivity (Wildman–Crippen MR) is 101 cm³/mol. The van der Waals surface area contributed by atoms with Gasteiger partial charge in [0.05, 0.1) is 24.1 Å². The standard InChI is InChI=1S/C21H24N2O3/c1-2-26-19-11-7-6-10-18(19)23-21(25)17-14-16(17)20(24)22-13-12-15-8-4-3-5-9-15/h3-11,16-17H,2,12-14H2,1H3,(H,22,24)(H,23,25). The molecule has 5 nitrogen and oxygen atoms in total. The molecule has 3 rings (SSSR count). The van der Waals surface area contributed by atoms with E-state index in [-0.39, 0.29) is 23.7 Å². The van der Waals surface area contributed by atoms with Gasteiger partial charge in [-0.25, -0.2) is 0 Å². The Hall–Kier alpha value is -2.82. The van der Waals surface area contributed by atoms with E-state index in [1.807, 2.05) is 55.5 Å². The average Bonchev–Trinajstić information content (AvgIpc) is 3.45. The maximum absolute atomic E-state index is 12.4. The largest absolute Gasteiger partial charge is 0.492 e. The zero-order valence-electron chi connectivity index (χ0n) is 14.9. The lowest BCUT2D eigenvalue weighted by molar-refractivity contribution is -0.125. The lowest BCUT2D eigenvalue weighted by Gasteiger charge is -2.11. The number of anilines is 1. The normalized spacial score (nSPS) is 18.0. The number of carbonyl (C=O) groups is 2. The molecule has 0 spiro atoms. The van der Waals surface area contributed by atoms with Crippen molar-refractivity contribution in [1.29, 1.82) is 0 Å². The van der Waals surface area contributed by atoms with E-state index >= 15 is 0 Å². The summed E-state index contributed by atoms with van der Waals surface area (Å²) in [5, 5.41) is 5.81. The van der Waals surface area contributed by atoms with Gasteiger partial charge in [-0.05, 0) is 37.5 Å². The maximum Gasteiger partial charge on any atom is 0.228 e. The van der Waals surface area contributed by atoms with Crippen LogP contribution in [0.1, 0.15) is 18.9 Å². The van der Waals surface area contributed by atoms with Crippen LogP contribution in [0.3, 0.4) is 0 Å². The Kier molecular flexibility index (Phi) is 5.89. The molecule has 0 aromatic heterocycles. The van der Waals surface area contributed by atoms with Crippen molar-refractivity contribution in [2.75, 3.05) is 18.5 Å². The van der Waals surface area contributed by atoms with Crippen LogP contribution in [0, 0.1) is 11.8 Å². The van der Waals surface area contributed by atoms with Gasteiger partial charge in [-0.1, -0.05) is 42.5 Å². The minimum Gasteiger partial charge on any atom is -0.492 e. The second-order valence-corrected chi connectivity index (χ2v) is 6.39. The van der Waals surface area contributed by atoms with E-state index in [4.69, 9.17) is 4.74 Å². The molecule has 1 fully saturated rings. The number of ether oxygens (including phenoxy) is 1. The molecule has 1 aliphatic carbocycles. The van der Waals surface area contributed by atoms with Crippen molar-refractivity contribution in [2.45, 2.75) is 19.8 Å². The molecular formula is C21H24N2O3. The summed E-state index contributed by atoms with van der Waals surface area (Å²) in [6.45, 7) is 3.01. The van der Waals surface area contributed by atoms with Crippen LogP contribution in [0.15, 0.2) is 54.6 Å². The molecule has 0 heterocycles. The molecule has 2 atom stereocenters. The van der Waals surface area contributed by atoms with Crippen LogP contribution in [0.2, 0.25) is 0 Å². The van der Waals surface area contributed by atoms with Gasteiger partial charge in [-0.2, -0.15) is 0 Å². The quantitative estimate of drug-likeness (QED) is 0.767. The van der Waals surface area contributed by atoms with E-state index in [0.29, 0.717) is 31.0 Å². The minimum absolute atomic E-state index is 0.0424. The molecule has 136 valence electrons. The minimum atomic E-state index is -0.263. The summed E-state index contributed by atoms with van der Waals surface area (Å²) in [5.41, 5.74) is 1.83. The lowest BCUT2D eigenvalue weighted by Crippen LogP contribution is -2.29. The van der Waals surface area contributed by atoms with Crippen LogP contribution in [0.5, 0.6) is 5.75 Å². The van der Waals surface area contributed by atoms with Gasteiger partial charge in [-0.3, -0.25) is 9.59 Å². The molecule has 1 aliphatic rings. The SMILES string of the molecule is CCOc1ccccc1NC(=O)C1CC1C(=O)NCCc1ccccc1. The van der Waals surface area contributed by atoms with Gasteiger partial charge in [0.15, 0.2) is 0 Å². The third-order valence-corrected chi connectivity index (χ3v) is 4.46. The first kappa shape index (κ1) is 18.0. The Labute approximate surface area is 153 Å². The summed E-state index contributed by atoms with van der Waals surface area (Å²) in [4.78, 5) is 24.6. The third kappa shape index (κ3) is 4.63. The smallest absolute Gasteiger partial charge is 0.228 e. The fourth-order valence-corrected chi connectivity index (χ4v) is 2.96.